The van der Waals surface area contributed by atoms with Crippen LogP contribution >= 0.6 is 0 Å². The van der Waals surface area contributed by atoms with Gasteiger partial charge in [0.2, 0.25) is 0 Å². The van der Waals surface area contributed by atoms with E-state index >= 15 is 0 Å². The van der Waals surface area contributed by atoms with Crippen LogP contribution in [0.2, 0.25) is 0 Å². The van der Waals surface area contributed by atoms with Crippen LogP contribution in [0.25, 0.3) is 0 Å². The van der Waals surface area contributed by atoms with Crippen LogP contribution in [0.15, 0.2) is 12.2 Å². The summed E-state index contributed by atoms with van der Waals surface area (Å²) in [7, 11) is 0. The number of hydrogen-bond acceptors (Lipinski definition) is 0. The number of halogens is 8. The van der Waals surface area contributed by atoms with Gasteiger partial charge in [-0.05, 0) is 6.42 Å². The highest BCUT2D eigenvalue weighted by Gasteiger charge is 2.68. The van der Waals surface area contributed by atoms with Gasteiger partial charge in [-0.3, -0.25) is 0 Å². The second kappa shape index (κ2) is 5.88. The fraction of sp³-hybridized carbons (Fsp3) is 0.800. The van der Waals surface area contributed by atoms with Crippen LogP contribution in [0.4, 0.5) is 35.1 Å². The topological polar surface area (TPSA) is 0 Å². The third-order valence-electron chi connectivity index (χ3n) is 2.17. The predicted octanol–water partition coefficient (Wildman–Crippen LogP) is 5.11. The number of unbranched alkanes of at least 4 members (excludes halogenated alkanes) is 2. The summed E-state index contributed by atoms with van der Waals surface area (Å²) in [5, 5.41) is 0. The highest BCUT2D eigenvalue weighted by Crippen LogP contribution is 2.48. The lowest BCUT2D eigenvalue weighted by molar-refractivity contribution is -0.335. The van der Waals surface area contributed by atoms with Crippen molar-refractivity contribution in [3.63, 3.8) is 0 Å². The maximum Gasteiger partial charge on any atom is 0.454 e. The van der Waals surface area contributed by atoms with Crippen LogP contribution in [-0.2, 0) is 0 Å². The summed E-state index contributed by atoms with van der Waals surface area (Å²) in [6, 6.07) is 0. The van der Waals surface area contributed by atoms with E-state index in [-0.39, 0.29) is 12.5 Å². The van der Waals surface area contributed by atoms with Crippen LogP contribution in [0, 0.1) is 5.92 Å². The van der Waals surface area contributed by atoms with Crippen LogP contribution in [0.1, 0.15) is 26.2 Å². The van der Waals surface area contributed by atoms with Gasteiger partial charge < -0.3 is 0 Å². The predicted molar refractivity (Wildman–Crippen MR) is 49.2 cm³/mol. The first-order chi connectivity index (χ1) is 7.94. The first-order valence-electron chi connectivity index (χ1n) is 5.12. The molecule has 0 bridgehead atoms. The fourth-order valence-corrected chi connectivity index (χ4v) is 1.17. The van der Waals surface area contributed by atoms with Gasteiger partial charge in [0.15, 0.2) is 0 Å². The molecule has 0 N–H and O–H groups in total. The van der Waals surface area contributed by atoms with Gasteiger partial charge in [0, 0.05) is 0 Å². The van der Waals surface area contributed by atoms with E-state index in [4.69, 9.17) is 0 Å². The van der Waals surface area contributed by atoms with E-state index < -0.39 is 24.2 Å². The van der Waals surface area contributed by atoms with Gasteiger partial charge in [0.1, 0.15) is 5.92 Å². The summed E-state index contributed by atoms with van der Waals surface area (Å²) in [5.74, 6) is -9.67. The minimum atomic E-state index is -6.23. The minimum absolute atomic E-state index is 0.0248. The van der Waals surface area contributed by atoms with Gasteiger partial charge >= 0.3 is 18.3 Å². The zero-order valence-corrected chi connectivity index (χ0v) is 9.38. The van der Waals surface area contributed by atoms with E-state index in [0.29, 0.717) is 18.9 Å². The van der Waals surface area contributed by atoms with Crippen molar-refractivity contribution >= 4 is 0 Å². The Hall–Kier alpha value is -0.820. The van der Waals surface area contributed by atoms with E-state index in [0.717, 1.165) is 0 Å². The summed E-state index contributed by atoms with van der Waals surface area (Å²) in [5.41, 5.74) is 0. The van der Waals surface area contributed by atoms with Crippen molar-refractivity contribution in [3.05, 3.63) is 12.2 Å². The summed E-state index contributed by atoms with van der Waals surface area (Å²) in [6.07, 6.45) is -10.2. The molecule has 0 radical (unpaired) electrons. The maximum absolute atomic E-state index is 12.7. The molecule has 0 aromatic rings. The Kier molecular flexibility index (Phi) is 5.61. The Morgan fingerprint density at radius 2 is 1.44 bits per heavy atom. The summed E-state index contributed by atoms with van der Waals surface area (Å²) in [6.45, 7) is 1.71. The van der Waals surface area contributed by atoms with Crippen LogP contribution < -0.4 is 0 Å². The Morgan fingerprint density at radius 3 is 1.78 bits per heavy atom. The van der Waals surface area contributed by atoms with Crippen LogP contribution in [0.3, 0.4) is 0 Å². The minimum Gasteiger partial charge on any atom is -0.195 e. The van der Waals surface area contributed by atoms with E-state index in [9.17, 15) is 35.1 Å². The van der Waals surface area contributed by atoms with Gasteiger partial charge in [-0.15, -0.1) is 0 Å². The molecule has 0 saturated carbocycles. The second-order valence-electron chi connectivity index (χ2n) is 3.71. The quantitative estimate of drug-likeness (QED) is 0.374. The molecule has 1 unspecified atom stereocenters. The molecule has 0 heterocycles. The third-order valence-corrected chi connectivity index (χ3v) is 2.17. The van der Waals surface area contributed by atoms with Gasteiger partial charge in [0.05, 0.1) is 0 Å². The normalized spacial score (nSPS) is 16.3. The maximum atomic E-state index is 12.7. The zero-order chi connectivity index (χ0) is 14.6. The molecule has 108 valence electrons. The fourth-order valence-electron chi connectivity index (χ4n) is 1.17. The van der Waals surface area contributed by atoms with Crippen molar-refractivity contribution in [3.8, 4) is 0 Å². The molecule has 0 aliphatic rings. The van der Waals surface area contributed by atoms with Gasteiger partial charge in [-0.2, -0.15) is 35.1 Å². The Bertz CT molecular complexity index is 273. The molecule has 18 heavy (non-hydrogen) atoms. The molecule has 0 spiro atoms. The molecule has 0 aromatic carbocycles. The molecule has 0 nitrogen and oxygen atoms in total. The third kappa shape index (κ3) is 4.45. The van der Waals surface area contributed by atoms with Crippen LogP contribution in [-0.4, -0.2) is 18.3 Å². The second-order valence-corrected chi connectivity index (χ2v) is 3.71. The summed E-state index contributed by atoms with van der Waals surface area (Å²) < 4.78 is 97.8. The lowest BCUT2D eigenvalue weighted by atomic mass is 9.99. The molecule has 0 aromatic heterocycles. The molecule has 0 fully saturated rings. The average Bonchev–Trinajstić information content (AvgIpc) is 2.13. The highest BCUT2D eigenvalue weighted by molar-refractivity contribution is 5.02. The molecule has 0 aliphatic carbocycles. The van der Waals surface area contributed by atoms with Gasteiger partial charge in [-0.25, -0.2) is 0 Å². The molecule has 8 heteroatoms. The molecule has 0 aliphatic heterocycles. The lowest BCUT2D eigenvalue weighted by Crippen LogP contribution is -2.48. The number of rotatable bonds is 5. The summed E-state index contributed by atoms with van der Waals surface area (Å²) >= 11 is 0. The van der Waals surface area contributed by atoms with E-state index in [1.165, 1.54) is 0 Å². The van der Waals surface area contributed by atoms with Crippen molar-refractivity contribution in [2.75, 3.05) is 0 Å². The monoisotopic (exact) mass is 284 g/mol. The smallest absolute Gasteiger partial charge is 0.195 e. The largest absolute Gasteiger partial charge is 0.454 e. The molecule has 0 amide bonds. The molecular weight excluding hydrogens is 272 g/mol. The van der Waals surface area contributed by atoms with Crippen molar-refractivity contribution in [2.45, 2.75) is 44.5 Å². The lowest BCUT2D eigenvalue weighted by Gasteiger charge is -2.28. The molecule has 0 saturated heterocycles. The SMILES string of the molecule is CCCCC=CC(C(F)(F)F)C(F)(F)C(F)(F)F. The number of hydrogen-bond donors (Lipinski definition) is 0. The number of alkyl halides is 8. The number of allylic oxidation sites excluding steroid dienone is 2. The first-order valence-corrected chi connectivity index (χ1v) is 5.12. The van der Waals surface area contributed by atoms with E-state index in [2.05, 4.69) is 0 Å². The zero-order valence-electron chi connectivity index (χ0n) is 9.38. The Balaban J connectivity index is 5.09. The van der Waals surface area contributed by atoms with E-state index in [1.54, 1.807) is 6.92 Å². The van der Waals surface area contributed by atoms with Crippen LogP contribution in [0.5, 0.6) is 0 Å². The standard InChI is InChI=1S/C10H12F8/c1-2-3-4-5-6-7(9(13,14)15)8(11,12)10(16,17)18/h5-7H,2-4H2,1H3. The Morgan fingerprint density at radius 1 is 0.944 bits per heavy atom. The first kappa shape index (κ1) is 17.2. The summed E-state index contributed by atoms with van der Waals surface area (Å²) in [4.78, 5) is 0. The van der Waals surface area contributed by atoms with Gasteiger partial charge in [0.25, 0.3) is 0 Å². The molecule has 1 atom stereocenters. The Labute approximate surface area is 98.7 Å². The average molecular weight is 284 g/mol. The van der Waals surface area contributed by atoms with Gasteiger partial charge in [-0.1, -0.05) is 31.9 Å². The van der Waals surface area contributed by atoms with Crippen molar-refractivity contribution < 1.29 is 35.1 Å². The molecular formula is C10H12F8. The highest BCUT2D eigenvalue weighted by atomic mass is 19.4. The van der Waals surface area contributed by atoms with Crippen molar-refractivity contribution in [2.24, 2.45) is 5.92 Å². The van der Waals surface area contributed by atoms with Crippen molar-refractivity contribution in [1.82, 2.24) is 0 Å². The molecule has 0 rings (SSSR count). The van der Waals surface area contributed by atoms with E-state index in [1.807, 2.05) is 0 Å². The van der Waals surface area contributed by atoms with Crippen molar-refractivity contribution in [1.29, 1.82) is 0 Å².